The number of rotatable bonds is 6. The number of nitrogens with zero attached hydrogens (tertiary/aromatic N) is 3. The molecule has 0 unspecified atom stereocenters. The molecule has 0 fully saturated rings. The standard InChI is InChI=1S/C24H24N4O2/c1-4-28-21-10-6-5-9-20(21)26-24(28)27-23(29)19-12-16(2)22(17(3)13-19)30-15-18-8-7-11-25-14-18/h5-14H,4,15H2,1-3H3,(H,26,27,29). The number of ether oxygens (including phenoxy) is 1. The Kier molecular flexibility index (Phi) is 5.48. The zero-order chi connectivity index (χ0) is 21.1. The molecule has 6 heteroatoms. The molecule has 0 saturated carbocycles. The zero-order valence-electron chi connectivity index (χ0n) is 17.3. The largest absolute Gasteiger partial charge is 0.488 e. The van der Waals surface area contributed by atoms with Gasteiger partial charge in [-0.2, -0.15) is 0 Å². The fourth-order valence-corrected chi connectivity index (χ4v) is 3.61. The van der Waals surface area contributed by atoms with Crippen molar-refractivity contribution < 1.29 is 9.53 Å². The fourth-order valence-electron chi connectivity index (χ4n) is 3.61. The molecule has 0 spiro atoms. The van der Waals surface area contributed by atoms with Crippen molar-refractivity contribution in [3.63, 3.8) is 0 Å². The number of pyridine rings is 1. The lowest BCUT2D eigenvalue weighted by Gasteiger charge is -2.14. The molecule has 0 radical (unpaired) electrons. The van der Waals surface area contributed by atoms with Gasteiger partial charge in [0.2, 0.25) is 5.95 Å². The number of amides is 1. The van der Waals surface area contributed by atoms with E-state index in [1.54, 1.807) is 12.4 Å². The van der Waals surface area contributed by atoms with Gasteiger partial charge in [0.05, 0.1) is 11.0 Å². The Balaban J connectivity index is 1.55. The normalized spacial score (nSPS) is 10.9. The van der Waals surface area contributed by atoms with Gasteiger partial charge in [0.1, 0.15) is 12.4 Å². The number of aromatic nitrogens is 3. The molecule has 6 nitrogen and oxygen atoms in total. The first-order chi connectivity index (χ1) is 14.6. The molecule has 1 amide bonds. The number of fused-ring (bicyclic) bond motifs is 1. The average molecular weight is 400 g/mol. The van der Waals surface area contributed by atoms with Crippen LogP contribution in [0.1, 0.15) is 34.0 Å². The third-order valence-corrected chi connectivity index (χ3v) is 5.02. The van der Waals surface area contributed by atoms with Crippen LogP contribution in [-0.4, -0.2) is 20.4 Å². The number of hydrogen-bond acceptors (Lipinski definition) is 4. The van der Waals surface area contributed by atoms with E-state index in [1.165, 1.54) is 0 Å². The van der Waals surface area contributed by atoms with Crippen molar-refractivity contribution in [3.05, 3.63) is 83.2 Å². The molecule has 0 aliphatic heterocycles. The third-order valence-electron chi connectivity index (χ3n) is 5.02. The molecule has 4 rings (SSSR count). The van der Waals surface area contributed by atoms with Gasteiger partial charge in [0.15, 0.2) is 0 Å². The van der Waals surface area contributed by atoms with Crippen LogP contribution in [0.15, 0.2) is 60.9 Å². The molecule has 0 atom stereocenters. The van der Waals surface area contributed by atoms with Crippen molar-refractivity contribution in [3.8, 4) is 5.75 Å². The summed E-state index contributed by atoms with van der Waals surface area (Å²) in [6, 6.07) is 15.4. The maximum absolute atomic E-state index is 12.9. The van der Waals surface area contributed by atoms with Crippen LogP contribution in [0, 0.1) is 13.8 Å². The molecule has 2 aromatic carbocycles. The number of carbonyl (C=O) groups excluding carboxylic acids is 1. The van der Waals surface area contributed by atoms with Crippen LogP contribution in [0.2, 0.25) is 0 Å². The fraction of sp³-hybridized carbons (Fsp3) is 0.208. The summed E-state index contributed by atoms with van der Waals surface area (Å²) in [6.07, 6.45) is 3.52. The Morgan fingerprint density at radius 1 is 1.10 bits per heavy atom. The number of imidazole rings is 1. The Labute approximate surface area is 175 Å². The number of anilines is 1. The van der Waals surface area contributed by atoms with E-state index >= 15 is 0 Å². The van der Waals surface area contributed by atoms with Crippen LogP contribution in [0.5, 0.6) is 5.75 Å². The minimum Gasteiger partial charge on any atom is -0.488 e. The summed E-state index contributed by atoms with van der Waals surface area (Å²) in [5.41, 5.74) is 5.26. The molecular formula is C24H24N4O2. The number of nitrogens with one attached hydrogen (secondary N) is 1. The highest BCUT2D eigenvalue weighted by atomic mass is 16.5. The first-order valence-corrected chi connectivity index (χ1v) is 9.96. The van der Waals surface area contributed by atoms with E-state index in [0.717, 1.165) is 40.0 Å². The van der Waals surface area contributed by atoms with Gasteiger partial charge in [-0.05, 0) is 62.2 Å². The zero-order valence-corrected chi connectivity index (χ0v) is 17.3. The van der Waals surface area contributed by atoms with Crippen molar-refractivity contribution in [2.75, 3.05) is 5.32 Å². The molecule has 1 N–H and O–H groups in total. The first-order valence-electron chi connectivity index (χ1n) is 9.96. The van der Waals surface area contributed by atoms with Crippen molar-refractivity contribution in [2.24, 2.45) is 0 Å². The first kappa shape index (κ1) is 19.6. The number of aryl methyl sites for hydroxylation is 3. The summed E-state index contributed by atoms with van der Waals surface area (Å²) >= 11 is 0. The Bertz CT molecular complexity index is 1180. The molecule has 2 heterocycles. The van der Waals surface area contributed by atoms with Crippen LogP contribution in [-0.2, 0) is 13.2 Å². The topological polar surface area (TPSA) is 69.0 Å². The molecule has 30 heavy (non-hydrogen) atoms. The summed E-state index contributed by atoms with van der Waals surface area (Å²) < 4.78 is 7.99. The molecule has 0 saturated heterocycles. The quantitative estimate of drug-likeness (QED) is 0.500. The van der Waals surface area contributed by atoms with Gasteiger partial charge in [-0.25, -0.2) is 4.98 Å². The number of benzene rings is 2. The summed E-state index contributed by atoms with van der Waals surface area (Å²) in [7, 11) is 0. The minimum atomic E-state index is -0.190. The smallest absolute Gasteiger partial charge is 0.257 e. The molecular weight excluding hydrogens is 376 g/mol. The van der Waals surface area contributed by atoms with E-state index < -0.39 is 0 Å². The summed E-state index contributed by atoms with van der Waals surface area (Å²) in [4.78, 5) is 21.6. The van der Waals surface area contributed by atoms with Crippen LogP contribution in [0.4, 0.5) is 5.95 Å². The Hall–Kier alpha value is -3.67. The summed E-state index contributed by atoms with van der Waals surface area (Å²) in [6.45, 7) is 7.08. The minimum absolute atomic E-state index is 0.190. The van der Waals surface area contributed by atoms with Gasteiger partial charge in [-0.3, -0.25) is 15.1 Å². The number of carbonyl (C=O) groups is 1. The van der Waals surface area contributed by atoms with Crippen molar-refractivity contribution in [2.45, 2.75) is 33.9 Å². The van der Waals surface area contributed by atoms with Gasteiger partial charge in [-0.15, -0.1) is 0 Å². The van der Waals surface area contributed by atoms with Gasteiger partial charge in [-0.1, -0.05) is 18.2 Å². The van der Waals surface area contributed by atoms with Crippen molar-refractivity contribution in [1.29, 1.82) is 0 Å². The highest BCUT2D eigenvalue weighted by molar-refractivity contribution is 6.04. The molecule has 2 aromatic heterocycles. The molecule has 152 valence electrons. The van der Waals surface area contributed by atoms with E-state index in [-0.39, 0.29) is 5.91 Å². The highest BCUT2D eigenvalue weighted by Crippen LogP contribution is 2.27. The third kappa shape index (κ3) is 3.89. The maximum atomic E-state index is 12.9. The molecule has 0 bridgehead atoms. The van der Waals surface area contributed by atoms with Crippen LogP contribution in [0.25, 0.3) is 11.0 Å². The summed E-state index contributed by atoms with van der Waals surface area (Å²) in [5, 5.41) is 2.96. The van der Waals surface area contributed by atoms with Crippen LogP contribution in [0.3, 0.4) is 0 Å². The van der Waals surface area contributed by atoms with E-state index in [1.807, 2.05) is 73.9 Å². The van der Waals surface area contributed by atoms with Crippen molar-refractivity contribution in [1.82, 2.24) is 14.5 Å². The van der Waals surface area contributed by atoms with Gasteiger partial charge >= 0.3 is 0 Å². The molecule has 4 aromatic rings. The van der Waals surface area contributed by atoms with Gasteiger partial charge < -0.3 is 9.30 Å². The van der Waals surface area contributed by atoms with Crippen LogP contribution >= 0.6 is 0 Å². The van der Waals surface area contributed by atoms with E-state index in [4.69, 9.17) is 4.74 Å². The maximum Gasteiger partial charge on any atom is 0.257 e. The second kappa shape index (κ2) is 8.37. The predicted molar refractivity (Wildman–Crippen MR) is 118 cm³/mol. The lowest BCUT2D eigenvalue weighted by atomic mass is 10.1. The van der Waals surface area contributed by atoms with Gasteiger partial charge in [0.25, 0.3) is 5.91 Å². The van der Waals surface area contributed by atoms with Crippen LogP contribution < -0.4 is 10.1 Å². The monoisotopic (exact) mass is 400 g/mol. The SMILES string of the molecule is CCn1c(NC(=O)c2cc(C)c(OCc3cccnc3)c(C)c2)nc2ccccc21. The summed E-state index contributed by atoms with van der Waals surface area (Å²) in [5.74, 6) is 1.15. The lowest BCUT2D eigenvalue weighted by Crippen LogP contribution is -2.16. The highest BCUT2D eigenvalue weighted by Gasteiger charge is 2.16. The van der Waals surface area contributed by atoms with Gasteiger partial charge in [0, 0.05) is 30.1 Å². The van der Waals surface area contributed by atoms with E-state index in [0.29, 0.717) is 18.1 Å². The predicted octanol–water partition coefficient (Wildman–Crippen LogP) is 4.90. The second-order valence-corrected chi connectivity index (χ2v) is 7.21. The average Bonchev–Trinajstić information content (AvgIpc) is 3.10. The van der Waals surface area contributed by atoms with E-state index in [9.17, 15) is 4.79 Å². The molecule has 0 aliphatic carbocycles. The number of para-hydroxylation sites is 2. The van der Waals surface area contributed by atoms with E-state index in [2.05, 4.69) is 15.3 Å². The van der Waals surface area contributed by atoms with Crippen molar-refractivity contribution >= 4 is 22.9 Å². The lowest BCUT2D eigenvalue weighted by molar-refractivity contribution is 0.102. The second-order valence-electron chi connectivity index (χ2n) is 7.21. The number of hydrogen-bond donors (Lipinski definition) is 1. The molecule has 0 aliphatic rings. The Morgan fingerprint density at radius 3 is 2.57 bits per heavy atom. The Morgan fingerprint density at radius 2 is 1.87 bits per heavy atom.